The summed E-state index contributed by atoms with van der Waals surface area (Å²) in [5.74, 6) is -0.115. The largest absolute Gasteiger partial charge is 0.391 e. The Balaban J connectivity index is 2.01. The molecule has 0 aliphatic rings. The summed E-state index contributed by atoms with van der Waals surface area (Å²) in [6.45, 7) is 1.46. The third kappa shape index (κ3) is 4.41. The fraction of sp³-hybridized carbons (Fsp3) is 0.235. The number of aliphatic hydroxyl groups excluding tert-OH is 1. The van der Waals surface area contributed by atoms with Gasteiger partial charge < -0.3 is 16.2 Å². The van der Waals surface area contributed by atoms with Crippen molar-refractivity contribution in [3.05, 3.63) is 65.7 Å². The van der Waals surface area contributed by atoms with Gasteiger partial charge in [0.25, 0.3) is 0 Å². The summed E-state index contributed by atoms with van der Waals surface area (Å²) < 4.78 is 0. The van der Waals surface area contributed by atoms with Crippen molar-refractivity contribution in [1.29, 1.82) is 0 Å². The smallest absolute Gasteiger partial charge is 0.221 e. The molecule has 0 aliphatic heterocycles. The maximum atomic E-state index is 11.0. The molecule has 2 rings (SSSR count). The third-order valence-electron chi connectivity index (χ3n) is 3.32. The van der Waals surface area contributed by atoms with Crippen molar-refractivity contribution in [1.82, 2.24) is 0 Å². The van der Waals surface area contributed by atoms with Crippen molar-refractivity contribution >= 4 is 11.6 Å². The van der Waals surface area contributed by atoms with E-state index in [9.17, 15) is 9.90 Å². The number of nitrogens with two attached hydrogens (primary N) is 1. The average molecular weight is 284 g/mol. The van der Waals surface area contributed by atoms with Crippen LogP contribution in [0.15, 0.2) is 54.6 Å². The first kappa shape index (κ1) is 15.2. The third-order valence-corrected chi connectivity index (χ3v) is 3.32. The second-order valence-electron chi connectivity index (χ2n) is 5.09. The molecule has 110 valence electrons. The molecule has 0 saturated heterocycles. The highest BCUT2D eigenvalue weighted by Gasteiger charge is 2.17. The van der Waals surface area contributed by atoms with Gasteiger partial charge in [0.2, 0.25) is 5.91 Å². The number of nitrogens with one attached hydrogen (secondary N) is 1. The molecule has 4 nitrogen and oxygen atoms in total. The van der Waals surface area contributed by atoms with Gasteiger partial charge in [-0.2, -0.15) is 0 Å². The molecule has 1 amide bonds. The number of anilines is 1. The molecule has 0 spiro atoms. The number of hydrogen-bond acceptors (Lipinski definition) is 3. The van der Waals surface area contributed by atoms with E-state index >= 15 is 0 Å². The lowest BCUT2D eigenvalue weighted by molar-refractivity contribution is -0.114. The molecular formula is C17H20N2O2. The van der Waals surface area contributed by atoms with Crippen LogP contribution >= 0.6 is 0 Å². The summed E-state index contributed by atoms with van der Waals surface area (Å²) in [5, 5.41) is 12.9. The number of amides is 1. The van der Waals surface area contributed by atoms with Gasteiger partial charge in [-0.05, 0) is 23.3 Å². The van der Waals surface area contributed by atoms with Crippen molar-refractivity contribution in [2.45, 2.75) is 25.5 Å². The van der Waals surface area contributed by atoms with Crippen LogP contribution < -0.4 is 11.1 Å². The summed E-state index contributed by atoms with van der Waals surface area (Å²) >= 11 is 0. The molecule has 0 unspecified atom stereocenters. The number of carbonyl (C=O) groups excluding carboxylic acids is 1. The Labute approximate surface area is 124 Å². The van der Waals surface area contributed by atoms with Gasteiger partial charge in [-0.1, -0.05) is 42.5 Å². The zero-order chi connectivity index (χ0) is 15.2. The van der Waals surface area contributed by atoms with Gasteiger partial charge in [0.15, 0.2) is 0 Å². The molecule has 2 aromatic carbocycles. The second kappa shape index (κ2) is 7.02. The fourth-order valence-electron chi connectivity index (χ4n) is 2.20. The van der Waals surface area contributed by atoms with E-state index in [2.05, 4.69) is 5.32 Å². The Bertz CT molecular complexity index is 581. The van der Waals surface area contributed by atoms with Crippen LogP contribution in [-0.2, 0) is 11.2 Å². The van der Waals surface area contributed by atoms with Gasteiger partial charge in [0, 0.05) is 19.0 Å². The van der Waals surface area contributed by atoms with E-state index in [4.69, 9.17) is 5.73 Å². The van der Waals surface area contributed by atoms with Crippen LogP contribution in [0.5, 0.6) is 0 Å². The monoisotopic (exact) mass is 284 g/mol. The molecule has 4 N–H and O–H groups in total. The lowest BCUT2D eigenvalue weighted by atomic mass is 9.97. The molecule has 0 bridgehead atoms. The van der Waals surface area contributed by atoms with Gasteiger partial charge in [-0.25, -0.2) is 0 Å². The van der Waals surface area contributed by atoms with Crippen molar-refractivity contribution in [2.24, 2.45) is 5.73 Å². The van der Waals surface area contributed by atoms with Gasteiger partial charge in [-0.15, -0.1) is 0 Å². The Kier molecular flexibility index (Phi) is 5.09. The van der Waals surface area contributed by atoms with Crippen LogP contribution in [0.25, 0.3) is 0 Å². The van der Waals surface area contributed by atoms with E-state index in [-0.39, 0.29) is 5.91 Å². The minimum atomic E-state index is -0.654. The minimum Gasteiger partial charge on any atom is -0.391 e. The van der Waals surface area contributed by atoms with E-state index < -0.39 is 12.1 Å². The summed E-state index contributed by atoms with van der Waals surface area (Å²) in [7, 11) is 0. The normalized spacial score (nSPS) is 13.5. The zero-order valence-corrected chi connectivity index (χ0v) is 12.0. The number of aliphatic hydroxyl groups is 1. The molecule has 0 heterocycles. The van der Waals surface area contributed by atoms with Crippen molar-refractivity contribution in [3.63, 3.8) is 0 Å². The maximum absolute atomic E-state index is 11.0. The molecular weight excluding hydrogens is 264 g/mol. The summed E-state index contributed by atoms with van der Waals surface area (Å²) in [6.07, 6.45) is -0.144. The lowest BCUT2D eigenvalue weighted by Gasteiger charge is -2.19. The standard InChI is InChI=1S/C17H20N2O2/c1-12(20)19-15-9-7-14(8-10-15)17(18)16(21)11-13-5-3-2-4-6-13/h2-10,16-17,21H,11,18H2,1H3,(H,19,20)/t16-,17+/m1/s1. The van der Waals surface area contributed by atoms with Gasteiger partial charge >= 0.3 is 0 Å². The van der Waals surface area contributed by atoms with Crippen LogP contribution in [0.4, 0.5) is 5.69 Å². The minimum absolute atomic E-state index is 0.115. The van der Waals surface area contributed by atoms with Crippen molar-refractivity contribution in [3.8, 4) is 0 Å². The number of carbonyl (C=O) groups is 1. The van der Waals surface area contributed by atoms with Crippen LogP contribution in [0.1, 0.15) is 24.1 Å². The van der Waals surface area contributed by atoms with Gasteiger partial charge in [-0.3, -0.25) is 4.79 Å². The van der Waals surface area contributed by atoms with Gasteiger partial charge in [0.05, 0.1) is 12.1 Å². The summed E-state index contributed by atoms with van der Waals surface area (Å²) in [5.41, 5.74) is 8.71. The first-order chi connectivity index (χ1) is 10.1. The molecule has 2 aromatic rings. The maximum Gasteiger partial charge on any atom is 0.221 e. The summed E-state index contributed by atoms with van der Waals surface area (Å²) in [4.78, 5) is 11.0. The molecule has 0 aromatic heterocycles. The first-order valence-corrected chi connectivity index (χ1v) is 6.91. The van der Waals surface area contributed by atoms with E-state index in [1.807, 2.05) is 42.5 Å². The van der Waals surface area contributed by atoms with E-state index in [1.165, 1.54) is 6.92 Å². The SMILES string of the molecule is CC(=O)Nc1ccc([C@H](N)[C@H](O)Cc2ccccc2)cc1. The molecule has 0 saturated carbocycles. The lowest BCUT2D eigenvalue weighted by Crippen LogP contribution is -2.28. The molecule has 0 fully saturated rings. The van der Waals surface area contributed by atoms with Gasteiger partial charge in [0.1, 0.15) is 0 Å². The second-order valence-corrected chi connectivity index (χ2v) is 5.09. The van der Waals surface area contributed by atoms with Crippen molar-refractivity contribution in [2.75, 3.05) is 5.32 Å². The highest BCUT2D eigenvalue weighted by atomic mass is 16.3. The molecule has 2 atom stereocenters. The molecule has 21 heavy (non-hydrogen) atoms. The predicted octanol–water partition coefficient (Wildman–Crippen LogP) is 2.25. The Hall–Kier alpha value is -2.17. The number of benzene rings is 2. The molecule has 4 heteroatoms. The predicted molar refractivity (Wildman–Crippen MR) is 83.8 cm³/mol. The van der Waals surface area contributed by atoms with E-state index in [1.54, 1.807) is 12.1 Å². The van der Waals surface area contributed by atoms with Crippen LogP contribution in [0, 0.1) is 0 Å². The first-order valence-electron chi connectivity index (χ1n) is 6.91. The van der Waals surface area contributed by atoms with Crippen LogP contribution in [0.2, 0.25) is 0 Å². The Morgan fingerprint density at radius 2 is 1.76 bits per heavy atom. The number of hydrogen-bond donors (Lipinski definition) is 3. The Morgan fingerprint density at radius 1 is 1.14 bits per heavy atom. The molecule has 0 radical (unpaired) electrons. The van der Waals surface area contributed by atoms with E-state index in [0.717, 1.165) is 16.8 Å². The average Bonchev–Trinajstić information content (AvgIpc) is 2.47. The molecule has 0 aliphatic carbocycles. The topological polar surface area (TPSA) is 75.4 Å². The van der Waals surface area contributed by atoms with E-state index in [0.29, 0.717) is 6.42 Å². The highest BCUT2D eigenvalue weighted by Crippen LogP contribution is 2.19. The van der Waals surface area contributed by atoms with Crippen molar-refractivity contribution < 1.29 is 9.90 Å². The number of rotatable bonds is 5. The highest BCUT2D eigenvalue weighted by molar-refractivity contribution is 5.88. The van der Waals surface area contributed by atoms with Crippen LogP contribution in [-0.4, -0.2) is 17.1 Å². The quantitative estimate of drug-likeness (QED) is 0.788. The fourth-order valence-corrected chi connectivity index (χ4v) is 2.20. The Morgan fingerprint density at radius 3 is 2.33 bits per heavy atom. The van der Waals surface area contributed by atoms with Crippen LogP contribution in [0.3, 0.4) is 0 Å². The zero-order valence-electron chi connectivity index (χ0n) is 12.0. The summed E-state index contributed by atoms with van der Waals surface area (Å²) in [6, 6.07) is 16.5.